The maximum absolute atomic E-state index is 13.4. The van der Waals surface area contributed by atoms with Crippen molar-refractivity contribution in [2.45, 2.75) is 19.4 Å². The molecule has 1 heterocycles. The molecule has 0 amide bonds. The molecule has 1 aliphatic rings. The minimum atomic E-state index is -0.156. The van der Waals surface area contributed by atoms with E-state index in [1.165, 1.54) is 6.07 Å². The number of hydrogen-bond donors (Lipinski definition) is 1. The third kappa shape index (κ3) is 3.67. The van der Waals surface area contributed by atoms with Gasteiger partial charge < -0.3 is 5.32 Å². The molecule has 0 radical (unpaired) electrons. The van der Waals surface area contributed by atoms with Crippen molar-refractivity contribution in [3.63, 3.8) is 0 Å². The second-order valence-electron chi connectivity index (χ2n) is 4.38. The lowest BCUT2D eigenvalue weighted by Gasteiger charge is -2.35. The molecule has 2 rings (SSSR count). The molecule has 1 fully saturated rings. The van der Waals surface area contributed by atoms with E-state index in [9.17, 15) is 4.39 Å². The van der Waals surface area contributed by atoms with E-state index >= 15 is 0 Å². The number of halogens is 3. The van der Waals surface area contributed by atoms with Crippen molar-refractivity contribution in [1.82, 2.24) is 10.2 Å². The molecule has 2 nitrogen and oxygen atoms in total. The molecule has 1 aromatic carbocycles. The van der Waals surface area contributed by atoms with Gasteiger partial charge in [-0.1, -0.05) is 22.9 Å². The first kappa shape index (κ1) is 15.9. The minimum Gasteiger partial charge on any atom is -0.314 e. The van der Waals surface area contributed by atoms with E-state index in [0.29, 0.717) is 6.04 Å². The predicted octanol–water partition coefficient (Wildman–Crippen LogP) is 3.37. The largest absolute Gasteiger partial charge is 0.314 e. The molecule has 0 aromatic heterocycles. The summed E-state index contributed by atoms with van der Waals surface area (Å²) in [6, 6.07) is 5.26. The van der Waals surface area contributed by atoms with Crippen LogP contribution in [0.4, 0.5) is 4.39 Å². The summed E-state index contributed by atoms with van der Waals surface area (Å²) in [4.78, 5) is 2.43. The Hall–Kier alpha value is -0.160. The van der Waals surface area contributed by atoms with E-state index in [4.69, 9.17) is 0 Å². The predicted molar refractivity (Wildman–Crippen MR) is 78.8 cm³/mol. The van der Waals surface area contributed by atoms with E-state index in [2.05, 4.69) is 33.1 Å². The monoisotopic (exact) mass is 336 g/mol. The van der Waals surface area contributed by atoms with E-state index < -0.39 is 0 Å². The van der Waals surface area contributed by atoms with Crippen LogP contribution in [0.5, 0.6) is 0 Å². The zero-order valence-corrected chi connectivity index (χ0v) is 12.9. The van der Waals surface area contributed by atoms with Gasteiger partial charge in [-0.15, -0.1) is 12.4 Å². The Bertz CT molecular complexity index is 383. The summed E-state index contributed by atoms with van der Waals surface area (Å²) in [6.45, 7) is 6.25. The average Bonchev–Trinajstić information content (AvgIpc) is 2.36. The van der Waals surface area contributed by atoms with Crippen molar-refractivity contribution in [3.8, 4) is 0 Å². The van der Waals surface area contributed by atoms with Crippen LogP contribution in [0, 0.1) is 5.82 Å². The Balaban J connectivity index is 0.00000162. The van der Waals surface area contributed by atoms with Gasteiger partial charge in [-0.3, -0.25) is 4.90 Å². The maximum atomic E-state index is 13.4. The summed E-state index contributed by atoms with van der Waals surface area (Å²) in [5.74, 6) is -0.156. The van der Waals surface area contributed by atoms with Gasteiger partial charge in [0.05, 0.1) is 0 Å². The minimum absolute atomic E-state index is 0. The van der Waals surface area contributed by atoms with Crippen LogP contribution in [-0.4, -0.2) is 31.1 Å². The summed E-state index contributed by atoms with van der Waals surface area (Å²) in [6.07, 6.45) is 1.00. The van der Waals surface area contributed by atoms with E-state index in [-0.39, 0.29) is 18.2 Å². The first-order valence-corrected chi connectivity index (χ1v) is 6.91. The van der Waals surface area contributed by atoms with Gasteiger partial charge in [0.2, 0.25) is 0 Å². The van der Waals surface area contributed by atoms with Crippen LogP contribution in [0.15, 0.2) is 22.7 Å². The highest BCUT2D eigenvalue weighted by Gasteiger charge is 2.22. The van der Waals surface area contributed by atoms with Crippen LogP contribution in [0.1, 0.15) is 24.9 Å². The van der Waals surface area contributed by atoms with Crippen molar-refractivity contribution < 1.29 is 4.39 Å². The summed E-state index contributed by atoms with van der Waals surface area (Å²) in [5, 5.41) is 3.34. The van der Waals surface area contributed by atoms with E-state index in [1.807, 2.05) is 0 Å². The van der Waals surface area contributed by atoms with Gasteiger partial charge in [-0.2, -0.15) is 0 Å². The molecular formula is C13H19BrClFN2. The molecular weight excluding hydrogens is 319 g/mol. The molecule has 1 aliphatic heterocycles. The van der Waals surface area contributed by atoms with Crippen molar-refractivity contribution >= 4 is 28.3 Å². The molecule has 0 aliphatic carbocycles. The quantitative estimate of drug-likeness (QED) is 0.910. The first-order valence-electron chi connectivity index (χ1n) is 6.12. The first-order chi connectivity index (χ1) is 8.22. The molecule has 1 atom stereocenters. The van der Waals surface area contributed by atoms with Crippen LogP contribution in [0.3, 0.4) is 0 Å². The maximum Gasteiger partial charge on any atom is 0.123 e. The highest BCUT2D eigenvalue weighted by atomic mass is 79.9. The zero-order chi connectivity index (χ0) is 12.3. The van der Waals surface area contributed by atoms with Crippen LogP contribution >= 0.6 is 28.3 Å². The summed E-state index contributed by atoms with van der Waals surface area (Å²) in [7, 11) is 0. The van der Waals surface area contributed by atoms with Crippen LogP contribution in [0.25, 0.3) is 0 Å². The Morgan fingerprint density at radius 2 is 2.06 bits per heavy atom. The number of benzene rings is 1. The van der Waals surface area contributed by atoms with Gasteiger partial charge in [0.15, 0.2) is 0 Å². The normalized spacial score (nSPS) is 18.2. The Kier molecular flexibility index (Phi) is 6.57. The van der Waals surface area contributed by atoms with Crippen molar-refractivity contribution in [1.29, 1.82) is 0 Å². The van der Waals surface area contributed by atoms with Crippen LogP contribution in [-0.2, 0) is 0 Å². The average molecular weight is 338 g/mol. The highest BCUT2D eigenvalue weighted by Crippen LogP contribution is 2.31. The third-order valence-corrected chi connectivity index (χ3v) is 4.02. The standard InChI is InChI=1S/C13H18BrFN2.ClH/c1-2-13(17-7-5-16-6-8-17)11-9-10(15)3-4-12(11)14;/h3-4,9,13,16H,2,5-8H2,1H3;1H/t13-;/m1./s1. The topological polar surface area (TPSA) is 15.3 Å². The van der Waals surface area contributed by atoms with Crippen LogP contribution < -0.4 is 5.32 Å². The van der Waals surface area contributed by atoms with Crippen LogP contribution in [0.2, 0.25) is 0 Å². The lowest BCUT2D eigenvalue weighted by Crippen LogP contribution is -2.45. The fourth-order valence-electron chi connectivity index (χ4n) is 2.44. The summed E-state index contributed by atoms with van der Waals surface area (Å²) >= 11 is 3.53. The molecule has 0 bridgehead atoms. The molecule has 1 N–H and O–H groups in total. The van der Waals surface area contributed by atoms with Gasteiger partial charge in [0, 0.05) is 36.7 Å². The number of hydrogen-bond acceptors (Lipinski definition) is 2. The lowest BCUT2D eigenvalue weighted by molar-refractivity contribution is 0.168. The van der Waals surface area contributed by atoms with E-state index in [0.717, 1.165) is 42.6 Å². The fourth-order valence-corrected chi connectivity index (χ4v) is 2.95. The van der Waals surface area contributed by atoms with Gasteiger partial charge in [0.1, 0.15) is 5.82 Å². The molecule has 18 heavy (non-hydrogen) atoms. The van der Waals surface area contributed by atoms with Gasteiger partial charge in [0.25, 0.3) is 0 Å². The SMILES string of the molecule is CC[C@H](c1cc(F)ccc1Br)N1CCNCC1.Cl. The highest BCUT2D eigenvalue weighted by molar-refractivity contribution is 9.10. The molecule has 0 unspecified atom stereocenters. The molecule has 0 saturated carbocycles. The lowest BCUT2D eigenvalue weighted by atomic mass is 10.0. The molecule has 1 aromatic rings. The van der Waals surface area contributed by atoms with Gasteiger partial charge in [-0.25, -0.2) is 4.39 Å². The van der Waals surface area contributed by atoms with Crippen molar-refractivity contribution in [2.75, 3.05) is 26.2 Å². The van der Waals surface area contributed by atoms with Crippen molar-refractivity contribution in [3.05, 3.63) is 34.1 Å². The Morgan fingerprint density at radius 3 is 2.67 bits per heavy atom. The Morgan fingerprint density at radius 1 is 1.39 bits per heavy atom. The van der Waals surface area contributed by atoms with E-state index in [1.54, 1.807) is 12.1 Å². The zero-order valence-electron chi connectivity index (χ0n) is 10.5. The molecule has 5 heteroatoms. The Labute approximate surface area is 122 Å². The summed E-state index contributed by atoms with van der Waals surface area (Å²) in [5.41, 5.74) is 1.06. The second kappa shape index (κ2) is 7.43. The smallest absolute Gasteiger partial charge is 0.123 e. The van der Waals surface area contributed by atoms with Gasteiger partial charge >= 0.3 is 0 Å². The van der Waals surface area contributed by atoms with Gasteiger partial charge in [-0.05, 0) is 30.2 Å². The fraction of sp³-hybridized carbons (Fsp3) is 0.538. The summed E-state index contributed by atoms with van der Waals surface area (Å²) < 4.78 is 14.4. The number of rotatable bonds is 3. The molecule has 1 saturated heterocycles. The number of piperazine rings is 1. The number of nitrogens with one attached hydrogen (secondary N) is 1. The van der Waals surface area contributed by atoms with Crippen molar-refractivity contribution in [2.24, 2.45) is 0 Å². The third-order valence-electron chi connectivity index (χ3n) is 3.30. The molecule has 0 spiro atoms. The second-order valence-corrected chi connectivity index (χ2v) is 5.23. The number of nitrogens with zero attached hydrogens (tertiary/aromatic N) is 1. The molecule has 102 valence electrons.